The van der Waals surface area contributed by atoms with Gasteiger partial charge in [-0.3, -0.25) is 4.99 Å². The predicted molar refractivity (Wildman–Crippen MR) is 115 cm³/mol. The van der Waals surface area contributed by atoms with Crippen LogP contribution in [0.2, 0.25) is 0 Å². The maximum absolute atomic E-state index is 13.7. The van der Waals surface area contributed by atoms with E-state index >= 15 is 0 Å². The second-order valence-corrected chi connectivity index (χ2v) is 5.69. The van der Waals surface area contributed by atoms with Crippen molar-refractivity contribution in [1.29, 1.82) is 0 Å². The lowest BCUT2D eigenvalue weighted by Gasteiger charge is -2.14. The van der Waals surface area contributed by atoms with Gasteiger partial charge in [0.1, 0.15) is 5.82 Å². The average Bonchev–Trinajstić information content (AvgIpc) is 2.64. The first-order chi connectivity index (χ1) is 12.2. The molecule has 0 aliphatic rings. The van der Waals surface area contributed by atoms with Gasteiger partial charge < -0.3 is 15.4 Å². The van der Waals surface area contributed by atoms with Crippen molar-refractivity contribution in [3.05, 3.63) is 71.0 Å². The minimum atomic E-state index is -0.219. The van der Waals surface area contributed by atoms with Gasteiger partial charge in [-0.1, -0.05) is 49.4 Å². The van der Waals surface area contributed by atoms with E-state index < -0.39 is 0 Å². The highest BCUT2D eigenvalue weighted by Crippen LogP contribution is 2.10. The number of nitrogens with zero attached hydrogens (tertiary/aromatic N) is 1. The Morgan fingerprint density at radius 1 is 0.962 bits per heavy atom. The van der Waals surface area contributed by atoms with Crippen LogP contribution in [0, 0.1) is 5.82 Å². The molecule has 6 heteroatoms. The topological polar surface area (TPSA) is 45.6 Å². The lowest BCUT2D eigenvalue weighted by Crippen LogP contribution is -2.36. The smallest absolute Gasteiger partial charge is 0.191 e. The fraction of sp³-hybridized carbons (Fsp3) is 0.350. The van der Waals surface area contributed by atoms with Gasteiger partial charge in [0.15, 0.2) is 5.96 Å². The van der Waals surface area contributed by atoms with Gasteiger partial charge >= 0.3 is 0 Å². The van der Waals surface area contributed by atoms with Crippen LogP contribution in [-0.2, 0) is 24.4 Å². The molecule has 0 fully saturated rings. The molecule has 0 bridgehead atoms. The highest BCUT2D eigenvalue weighted by molar-refractivity contribution is 14.0. The van der Waals surface area contributed by atoms with Gasteiger partial charge in [0.2, 0.25) is 0 Å². The molecule has 0 radical (unpaired) electrons. The molecule has 0 unspecified atom stereocenters. The summed E-state index contributed by atoms with van der Waals surface area (Å²) in [7, 11) is 1.70. The molecule has 0 heterocycles. The minimum absolute atomic E-state index is 0. The third kappa shape index (κ3) is 7.29. The number of halogens is 2. The Morgan fingerprint density at radius 2 is 1.54 bits per heavy atom. The Kier molecular flexibility index (Phi) is 10.9. The highest BCUT2D eigenvalue weighted by Gasteiger charge is 2.05. The molecular weight excluding hydrogens is 444 g/mol. The van der Waals surface area contributed by atoms with E-state index in [2.05, 4.69) is 34.7 Å². The number of nitrogens with one attached hydrogen (secondary N) is 2. The number of guanidine groups is 1. The molecule has 2 rings (SSSR count). The maximum Gasteiger partial charge on any atom is 0.191 e. The van der Waals surface area contributed by atoms with Crippen molar-refractivity contribution >= 4 is 29.9 Å². The quantitative estimate of drug-likeness (QED) is 0.262. The Balaban J connectivity index is 0.00000338. The summed E-state index contributed by atoms with van der Waals surface area (Å²) in [6.07, 6.45) is 1.01. The first-order valence-electron chi connectivity index (χ1n) is 8.57. The van der Waals surface area contributed by atoms with E-state index in [4.69, 9.17) is 4.74 Å². The molecule has 0 aliphatic carbocycles. The highest BCUT2D eigenvalue weighted by atomic mass is 127. The Bertz CT molecular complexity index is 694. The van der Waals surface area contributed by atoms with Crippen molar-refractivity contribution < 1.29 is 9.13 Å². The minimum Gasteiger partial charge on any atom is -0.377 e. The SMILES string of the molecule is CCCOCc1ccccc1CNC(=NC)NCc1ccccc1F.I. The summed E-state index contributed by atoms with van der Waals surface area (Å²) in [5, 5.41) is 6.40. The van der Waals surface area contributed by atoms with Crippen molar-refractivity contribution in [3.8, 4) is 0 Å². The number of aliphatic imine (C=N–C) groups is 1. The van der Waals surface area contributed by atoms with Gasteiger partial charge in [-0.15, -0.1) is 24.0 Å². The van der Waals surface area contributed by atoms with Crippen LogP contribution in [0.15, 0.2) is 53.5 Å². The zero-order valence-electron chi connectivity index (χ0n) is 15.3. The van der Waals surface area contributed by atoms with Crippen LogP contribution >= 0.6 is 24.0 Å². The van der Waals surface area contributed by atoms with E-state index in [0.29, 0.717) is 31.2 Å². The summed E-state index contributed by atoms with van der Waals surface area (Å²) < 4.78 is 19.3. The third-order valence-corrected chi connectivity index (χ3v) is 3.80. The van der Waals surface area contributed by atoms with Gasteiger partial charge in [-0.2, -0.15) is 0 Å². The zero-order chi connectivity index (χ0) is 17.9. The second kappa shape index (κ2) is 12.6. The van der Waals surface area contributed by atoms with Gasteiger partial charge in [-0.05, 0) is 23.6 Å². The molecule has 0 spiro atoms. The van der Waals surface area contributed by atoms with Crippen LogP contribution in [0.5, 0.6) is 0 Å². The Labute approximate surface area is 172 Å². The molecule has 0 saturated carbocycles. The zero-order valence-corrected chi connectivity index (χ0v) is 17.6. The predicted octanol–water partition coefficient (Wildman–Crippen LogP) is 4.24. The lowest BCUT2D eigenvalue weighted by molar-refractivity contribution is 0.121. The van der Waals surface area contributed by atoms with Crippen molar-refractivity contribution in [2.24, 2.45) is 4.99 Å². The van der Waals surface area contributed by atoms with Crippen molar-refractivity contribution in [2.75, 3.05) is 13.7 Å². The Hall–Kier alpha value is -1.67. The van der Waals surface area contributed by atoms with Crippen LogP contribution in [0.3, 0.4) is 0 Å². The summed E-state index contributed by atoms with van der Waals surface area (Å²) in [6.45, 7) is 4.47. The molecule has 0 amide bonds. The fourth-order valence-corrected chi connectivity index (χ4v) is 2.42. The molecule has 0 aromatic heterocycles. The van der Waals surface area contributed by atoms with E-state index in [1.54, 1.807) is 19.2 Å². The van der Waals surface area contributed by atoms with Gasteiger partial charge in [0.05, 0.1) is 6.61 Å². The fourth-order valence-electron chi connectivity index (χ4n) is 2.42. The normalized spacial score (nSPS) is 11.0. The molecule has 4 nitrogen and oxygen atoms in total. The number of hydrogen-bond donors (Lipinski definition) is 2. The largest absolute Gasteiger partial charge is 0.377 e. The molecule has 0 saturated heterocycles. The molecule has 2 aromatic rings. The van der Waals surface area contributed by atoms with Crippen LogP contribution in [0.1, 0.15) is 30.0 Å². The maximum atomic E-state index is 13.7. The van der Waals surface area contributed by atoms with Gasteiger partial charge in [0.25, 0.3) is 0 Å². The van der Waals surface area contributed by atoms with Crippen LogP contribution in [-0.4, -0.2) is 19.6 Å². The van der Waals surface area contributed by atoms with Crippen LogP contribution in [0.4, 0.5) is 4.39 Å². The van der Waals surface area contributed by atoms with E-state index in [1.165, 1.54) is 6.07 Å². The second-order valence-electron chi connectivity index (χ2n) is 5.69. The summed E-state index contributed by atoms with van der Waals surface area (Å²) in [5.74, 6) is 0.413. The number of ether oxygens (including phenoxy) is 1. The Morgan fingerprint density at radius 3 is 2.15 bits per heavy atom. The third-order valence-electron chi connectivity index (χ3n) is 3.80. The van der Waals surface area contributed by atoms with E-state index in [-0.39, 0.29) is 29.8 Å². The number of benzene rings is 2. The molecule has 26 heavy (non-hydrogen) atoms. The summed E-state index contributed by atoms with van der Waals surface area (Å²) >= 11 is 0. The standard InChI is InChI=1S/C20H26FN3O.HI/c1-3-12-25-15-18-10-5-4-8-16(18)13-23-20(22-2)24-14-17-9-6-7-11-19(17)21;/h4-11H,3,12-15H2,1-2H3,(H2,22,23,24);1H. The van der Waals surface area contributed by atoms with Crippen molar-refractivity contribution in [2.45, 2.75) is 33.0 Å². The van der Waals surface area contributed by atoms with E-state index in [0.717, 1.165) is 24.2 Å². The summed E-state index contributed by atoms with van der Waals surface area (Å²) in [6, 6.07) is 14.9. The molecule has 2 aromatic carbocycles. The molecule has 2 N–H and O–H groups in total. The molecular formula is C20H27FIN3O. The molecule has 0 aliphatic heterocycles. The monoisotopic (exact) mass is 471 g/mol. The van der Waals surface area contributed by atoms with Gasteiger partial charge in [0, 0.05) is 32.3 Å². The van der Waals surface area contributed by atoms with E-state index in [9.17, 15) is 4.39 Å². The van der Waals surface area contributed by atoms with E-state index in [1.807, 2.05) is 18.2 Å². The summed E-state index contributed by atoms with van der Waals surface area (Å²) in [5.41, 5.74) is 2.93. The van der Waals surface area contributed by atoms with Gasteiger partial charge in [-0.25, -0.2) is 4.39 Å². The first-order valence-corrected chi connectivity index (χ1v) is 8.57. The van der Waals surface area contributed by atoms with Crippen molar-refractivity contribution in [3.63, 3.8) is 0 Å². The lowest BCUT2D eigenvalue weighted by atomic mass is 10.1. The van der Waals surface area contributed by atoms with Crippen LogP contribution < -0.4 is 10.6 Å². The van der Waals surface area contributed by atoms with Crippen molar-refractivity contribution in [1.82, 2.24) is 10.6 Å². The first kappa shape index (κ1) is 22.4. The summed E-state index contributed by atoms with van der Waals surface area (Å²) in [4.78, 5) is 4.19. The number of hydrogen-bond acceptors (Lipinski definition) is 2. The molecule has 0 atom stereocenters. The average molecular weight is 471 g/mol. The molecule has 142 valence electrons. The number of rotatable bonds is 8. The van der Waals surface area contributed by atoms with Crippen LogP contribution in [0.25, 0.3) is 0 Å².